The highest BCUT2D eigenvalue weighted by molar-refractivity contribution is 6.10. The summed E-state index contributed by atoms with van der Waals surface area (Å²) in [4.78, 5) is 34.3. The van der Waals surface area contributed by atoms with Crippen molar-refractivity contribution in [2.75, 3.05) is 14.1 Å². The molecule has 0 radical (unpaired) electrons. The van der Waals surface area contributed by atoms with Crippen molar-refractivity contribution in [3.8, 4) is 0 Å². The number of fused-ring (bicyclic) bond motifs is 1. The van der Waals surface area contributed by atoms with Gasteiger partial charge in [-0.2, -0.15) is 0 Å². The number of carbonyl (C=O) groups excluding carboxylic acids is 2. The van der Waals surface area contributed by atoms with Gasteiger partial charge in [0.25, 0.3) is 5.91 Å². The molecule has 4 rings (SSSR count). The number of nitrogens with one attached hydrogen (secondary N) is 2. The molecule has 2 N–H and O–H groups in total. The zero-order chi connectivity index (χ0) is 19.0. The Morgan fingerprint density at radius 3 is 2.74 bits per heavy atom. The van der Waals surface area contributed by atoms with Crippen molar-refractivity contribution >= 4 is 34.8 Å². The van der Waals surface area contributed by atoms with E-state index in [1.165, 1.54) is 0 Å². The van der Waals surface area contributed by atoms with E-state index in [1.54, 1.807) is 6.07 Å². The van der Waals surface area contributed by atoms with Gasteiger partial charge in [0, 0.05) is 31.9 Å². The smallest absolute Gasteiger partial charge is 0.322 e. The van der Waals surface area contributed by atoms with Crippen molar-refractivity contribution in [2.24, 2.45) is 4.99 Å². The van der Waals surface area contributed by atoms with E-state index in [-0.39, 0.29) is 0 Å². The van der Waals surface area contributed by atoms with E-state index >= 15 is 0 Å². The molecule has 0 aliphatic carbocycles. The van der Waals surface area contributed by atoms with E-state index in [4.69, 9.17) is 4.42 Å². The first kappa shape index (κ1) is 17.0. The zero-order valence-electron chi connectivity index (χ0n) is 15.0. The van der Waals surface area contributed by atoms with E-state index in [9.17, 15) is 9.59 Å². The molecule has 27 heavy (non-hydrogen) atoms. The maximum Gasteiger partial charge on any atom is 0.322 e. The van der Waals surface area contributed by atoms with Gasteiger partial charge in [0.05, 0.1) is 5.69 Å². The van der Waals surface area contributed by atoms with E-state index in [2.05, 4.69) is 32.8 Å². The molecule has 3 amide bonds. The van der Waals surface area contributed by atoms with Crippen molar-refractivity contribution in [2.45, 2.75) is 18.9 Å². The molecule has 8 heteroatoms. The Bertz CT molecular complexity index is 1020. The summed E-state index contributed by atoms with van der Waals surface area (Å²) in [6, 6.07) is 4.00. The minimum Gasteiger partial charge on any atom is -0.457 e. The number of amides is 3. The number of allylic oxidation sites excluding steroid dienone is 3. The van der Waals surface area contributed by atoms with Crippen molar-refractivity contribution < 1.29 is 14.0 Å². The molecule has 1 saturated heterocycles. The van der Waals surface area contributed by atoms with Gasteiger partial charge in [-0.15, -0.1) is 0 Å². The molecular formula is C19H19N5O3. The highest BCUT2D eigenvalue weighted by Crippen LogP contribution is 2.26. The van der Waals surface area contributed by atoms with Crippen LogP contribution in [0.25, 0.3) is 16.7 Å². The second-order valence-corrected chi connectivity index (χ2v) is 6.58. The minimum atomic E-state index is -0.829. The number of aromatic nitrogens is 1. The fourth-order valence-corrected chi connectivity index (χ4v) is 3.02. The molecule has 1 fully saturated rings. The molecule has 0 bridgehead atoms. The third-order valence-electron chi connectivity index (χ3n) is 4.40. The second-order valence-electron chi connectivity index (χ2n) is 6.58. The van der Waals surface area contributed by atoms with E-state index in [1.807, 2.05) is 37.3 Å². The summed E-state index contributed by atoms with van der Waals surface area (Å²) in [6.07, 6.45) is 7.81. The van der Waals surface area contributed by atoms with Crippen LogP contribution in [0.1, 0.15) is 30.3 Å². The highest BCUT2D eigenvalue weighted by Gasteiger charge is 2.33. The number of hydrogen-bond acceptors (Lipinski definition) is 6. The average molecular weight is 365 g/mol. The van der Waals surface area contributed by atoms with E-state index in [0.717, 1.165) is 29.9 Å². The molecule has 2 aromatic heterocycles. The van der Waals surface area contributed by atoms with Gasteiger partial charge in [0.15, 0.2) is 11.6 Å². The van der Waals surface area contributed by atoms with Crippen molar-refractivity contribution in [1.29, 1.82) is 0 Å². The minimum absolute atomic E-state index is 0.358. The number of aliphatic imine (C=N–C) groups is 1. The normalized spacial score (nSPS) is 23.0. The fraction of sp³-hybridized carbons (Fsp3) is 0.263. The standard InChI is InChI=1S/C19H19N5O3/c1-24(2)16-6-4-3-5-11(10-20-16)12-7-8-14-13(21-12)9-15(27-14)17-18(25)23-19(26)22-17/h5-10,17H,3-4H2,1-2H3,(H2,22,23,25,26)/b11-5?,16-6+,20-10-. The van der Waals surface area contributed by atoms with Gasteiger partial charge < -0.3 is 14.6 Å². The molecule has 2 aliphatic rings. The second kappa shape index (κ2) is 6.71. The van der Waals surface area contributed by atoms with Crippen LogP contribution in [0, 0.1) is 0 Å². The van der Waals surface area contributed by atoms with Crippen LogP contribution in [0.5, 0.6) is 0 Å². The van der Waals surface area contributed by atoms with Gasteiger partial charge in [-0.25, -0.2) is 14.8 Å². The molecule has 0 aromatic carbocycles. The van der Waals surface area contributed by atoms with Crippen LogP contribution in [-0.4, -0.2) is 42.1 Å². The monoisotopic (exact) mass is 365 g/mol. The number of imide groups is 1. The van der Waals surface area contributed by atoms with Gasteiger partial charge in [-0.05, 0) is 31.1 Å². The van der Waals surface area contributed by atoms with Crippen molar-refractivity contribution in [1.82, 2.24) is 20.5 Å². The number of pyridine rings is 1. The summed E-state index contributed by atoms with van der Waals surface area (Å²) in [5, 5.41) is 4.72. The van der Waals surface area contributed by atoms with Gasteiger partial charge in [0.1, 0.15) is 17.1 Å². The Kier molecular flexibility index (Phi) is 4.23. The van der Waals surface area contributed by atoms with Crippen molar-refractivity contribution in [3.63, 3.8) is 0 Å². The molecule has 0 saturated carbocycles. The van der Waals surface area contributed by atoms with Crippen LogP contribution in [0.4, 0.5) is 4.79 Å². The molecule has 0 spiro atoms. The van der Waals surface area contributed by atoms with Crippen molar-refractivity contribution in [3.05, 3.63) is 47.6 Å². The Balaban J connectivity index is 1.66. The van der Waals surface area contributed by atoms with Crippen LogP contribution in [0.2, 0.25) is 0 Å². The average Bonchev–Trinajstić information content (AvgIpc) is 3.16. The maximum atomic E-state index is 11.8. The Hall–Kier alpha value is -3.42. The maximum absolute atomic E-state index is 11.8. The largest absolute Gasteiger partial charge is 0.457 e. The predicted octanol–water partition coefficient (Wildman–Crippen LogP) is 2.36. The van der Waals surface area contributed by atoms with Gasteiger partial charge in [0.2, 0.25) is 0 Å². The predicted molar refractivity (Wildman–Crippen MR) is 101 cm³/mol. The summed E-state index contributed by atoms with van der Waals surface area (Å²) in [5.41, 5.74) is 2.88. The number of carbonyl (C=O) groups is 2. The van der Waals surface area contributed by atoms with E-state index < -0.39 is 18.0 Å². The number of nitrogens with zero attached hydrogens (tertiary/aromatic N) is 3. The first-order chi connectivity index (χ1) is 13.0. The molecule has 8 nitrogen and oxygen atoms in total. The molecule has 1 unspecified atom stereocenters. The first-order valence-electron chi connectivity index (χ1n) is 8.65. The molecular weight excluding hydrogens is 346 g/mol. The number of rotatable bonds is 3. The lowest BCUT2D eigenvalue weighted by Crippen LogP contribution is -2.22. The lowest BCUT2D eigenvalue weighted by atomic mass is 10.1. The fourth-order valence-electron chi connectivity index (χ4n) is 3.02. The molecule has 4 heterocycles. The SMILES string of the molecule is CN(C)C1=C/CCC=C(c2ccc3oc(C4NC(=O)NC4=O)cc3n2)/C=N\1. The third-order valence-corrected chi connectivity index (χ3v) is 4.40. The quantitative estimate of drug-likeness (QED) is 0.814. The topological polar surface area (TPSA) is 99.8 Å². The molecule has 138 valence electrons. The molecule has 2 aromatic rings. The van der Waals surface area contributed by atoms with Gasteiger partial charge in [-0.1, -0.05) is 6.08 Å². The zero-order valence-corrected chi connectivity index (χ0v) is 15.0. The lowest BCUT2D eigenvalue weighted by molar-refractivity contribution is -0.120. The Labute approximate surface area is 155 Å². The summed E-state index contributed by atoms with van der Waals surface area (Å²) in [7, 11) is 3.92. The van der Waals surface area contributed by atoms with Crippen LogP contribution >= 0.6 is 0 Å². The number of hydrogen-bond donors (Lipinski definition) is 2. The van der Waals surface area contributed by atoms with Crippen LogP contribution in [0.15, 0.2) is 45.6 Å². The Morgan fingerprint density at radius 2 is 2.00 bits per heavy atom. The number of furan rings is 1. The molecule has 1 atom stereocenters. The summed E-state index contributed by atoms with van der Waals surface area (Å²) < 4.78 is 5.70. The van der Waals surface area contributed by atoms with Crippen LogP contribution in [-0.2, 0) is 4.79 Å². The summed E-state index contributed by atoms with van der Waals surface area (Å²) >= 11 is 0. The summed E-state index contributed by atoms with van der Waals surface area (Å²) in [5.74, 6) is 0.837. The number of urea groups is 1. The van der Waals surface area contributed by atoms with Crippen LogP contribution in [0.3, 0.4) is 0 Å². The van der Waals surface area contributed by atoms with E-state index in [0.29, 0.717) is 16.9 Å². The Morgan fingerprint density at radius 1 is 1.19 bits per heavy atom. The lowest BCUT2D eigenvalue weighted by Gasteiger charge is -2.14. The first-order valence-corrected chi connectivity index (χ1v) is 8.65. The van der Waals surface area contributed by atoms with Gasteiger partial charge >= 0.3 is 6.03 Å². The van der Waals surface area contributed by atoms with Gasteiger partial charge in [-0.3, -0.25) is 10.1 Å². The summed E-state index contributed by atoms with van der Waals surface area (Å²) in [6.45, 7) is 0. The highest BCUT2D eigenvalue weighted by atomic mass is 16.3. The third kappa shape index (κ3) is 3.33. The molecule has 2 aliphatic heterocycles. The van der Waals surface area contributed by atoms with Crippen LogP contribution < -0.4 is 10.6 Å².